The molecule has 2 nitrogen and oxygen atoms in total. The summed E-state index contributed by atoms with van der Waals surface area (Å²) >= 11 is 0. The second kappa shape index (κ2) is 7.54. The number of rotatable bonds is 8. The van der Waals surface area contributed by atoms with Crippen molar-refractivity contribution in [3.63, 3.8) is 0 Å². The van der Waals surface area contributed by atoms with Crippen LogP contribution in [0, 0.1) is 6.92 Å². The first-order valence-electron chi connectivity index (χ1n) is 7.49. The van der Waals surface area contributed by atoms with Crippen molar-refractivity contribution in [3.8, 4) is 5.75 Å². The molecule has 0 fully saturated rings. The molecule has 0 aliphatic heterocycles. The summed E-state index contributed by atoms with van der Waals surface area (Å²) in [6.07, 6.45) is 3.43. The predicted molar refractivity (Wildman–Crippen MR) is 83.2 cm³/mol. The van der Waals surface area contributed by atoms with Crippen LogP contribution < -0.4 is 10.1 Å². The van der Waals surface area contributed by atoms with Gasteiger partial charge in [0.2, 0.25) is 0 Å². The average molecular weight is 263 g/mol. The summed E-state index contributed by atoms with van der Waals surface area (Å²) in [5.41, 5.74) is 2.83. The minimum absolute atomic E-state index is 0.173. The number of aryl methyl sites for hydroxylation is 1. The molecular weight excluding hydrogens is 234 g/mol. The third kappa shape index (κ3) is 3.73. The van der Waals surface area contributed by atoms with E-state index in [1.165, 1.54) is 17.5 Å². The van der Waals surface area contributed by atoms with Gasteiger partial charge in [-0.3, -0.25) is 0 Å². The lowest BCUT2D eigenvalue weighted by atomic mass is 9.75. The van der Waals surface area contributed by atoms with Crippen LogP contribution in [-0.2, 0) is 5.41 Å². The first-order chi connectivity index (χ1) is 9.13. The van der Waals surface area contributed by atoms with Crippen LogP contribution in [0.15, 0.2) is 18.2 Å². The van der Waals surface area contributed by atoms with E-state index in [1.807, 2.05) is 0 Å². The van der Waals surface area contributed by atoms with Crippen LogP contribution in [0.1, 0.15) is 51.2 Å². The van der Waals surface area contributed by atoms with Crippen LogP contribution in [0.2, 0.25) is 0 Å². The van der Waals surface area contributed by atoms with Crippen molar-refractivity contribution in [1.29, 1.82) is 0 Å². The molecule has 1 N–H and O–H groups in total. The largest absolute Gasteiger partial charge is 0.496 e. The molecule has 0 amide bonds. The molecule has 0 aromatic heterocycles. The number of nitrogens with one attached hydrogen (secondary N) is 1. The minimum Gasteiger partial charge on any atom is -0.496 e. The number of methoxy groups -OCH3 is 1. The Morgan fingerprint density at radius 2 is 1.84 bits per heavy atom. The van der Waals surface area contributed by atoms with Crippen molar-refractivity contribution in [2.45, 2.75) is 52.4 Å². The van der Waals surface area contributed by atoms with Crippen molar-refractivity contribution < 1.29 is 4.74 Å². The van der Waals surface area contributed by atoms with Gasteiger partial charge in [0.25, 0.3) is 0 Å². The maximum atomic E-state index is 5.59. The van der Waals surface area contributed by atoms with Crippen molar-refractivity contribution in [2.75, 3.05) is 20.2 Å². The van der Waals surface area contributed by atoms with Gasteiger partial charge in [-0.25, -0.2) is 0 Å². The highest BCUT2D eigenvalue weighted by molar-refractivity contribution is 5.42. The van der Waals surface area contributed by atoms with Crippen molar-refractivity contribution in [3.05, 3.63) is 29.3 Å². The number of hydrogen-bond donors (Lipinski definition) is 1. The lowest BCUT2D eigenvalue weighted by molar-refractivity contribution is 0.340. The van der Waals surface area contributed by atoms with E-state index in [9.17, 15) is 0 Å². The summed E-state index contributed by atoms with van der Waals surface area (Å²) in [4.78, 5) is 0. The van der Waals surface area contributed by atoms with Gasteiger partial charge in [-0.1, -0.05) is 38.5 Å². The summed E-state index contributed by atoms with van der Waals surface area (Å²) in [5.74, 6) is 1.02. The van der Waals surface area contributed by atoms with Crippen LogP contribution in [0.4, 0.5) is 0 Å². The molecule has 2 heteroatoms. The zero-order chi connectivity index (χ0) is 14.3. The fraction of sp³-hybridized carbons (Fsp3) is 0.647. The quantitative estimate of drug-likeness (QED) is 0.714. The summed E-state index contributed by atoms with van der Waals surface area (Å²) in [5, 5.41) is 3.59. The predicted octanol–water partition coefficient (Wildman–Crippen LogP) is 4.06. The maximum Gasteiger partial charge on any atom is 0.122 e. The van der Waals surface area contributed by atoms with Gasteiger partial charge in [-0.15, -0.1) is 0 Å². The van der Waals surface area contributed by atoms with Gasteiger partial charge in [-0.05, 0) is 38.8 Å². The first-order valence-corrected chi connectivity index (χ1v) is 7.49. The topological polar surface area (TPSA) is 21.3 Å². The maximum absolute atomic E-state index is 5.59. The summed E-state index contributed by atoms with van der Waals surface area (Å²) < 4.78 is 5.59. The van der Waals surface area contributed by atoms with Gasteiger partial charge in [-0.2, -0.15) is 0 Å². The van der Waals surface area contributed by atoms with Crippen LogP contribution in [0.3, 0.4) is 0 Å². The van der Waals surface area contributed by atoms with Gasteiger partial charge in [0.1, 0.15) is 5.75 Å². The molecule has 1 aromatic rings. The third-order valence-corrected chi connectivity index (χ3v) is 4.17. The highest BCUT2D eigenvalue weighted by Gasteiger charge is 2.31. The monoisotopic (exact) mass is 263 g/mol. The van der Waals surface area contributed by atoms with Crippen molar-refractivity contribution >= 4 is 0 Å². The Labute approximate surface area is 118 Å². The molecule has 0 saturated carbocycles. The van der Waals surface area contributed by atoms with Gasteiger partial charge >= 0.3 is 0 Å². The Bertz CT molecular complexity index is 383. The Kier molecular flexibility index (Phi) is 6.36. The molecule has 0 atom stereocenters. The SMILES string of the molecule is CCCNCC(CC)(CC)c1cc(C)ccc1OC. The molecule has 0 heterocycles. The molecular formula is C17H29NO. The van der Waals surface area contributed by atoms with Gasteiger partial charge < -0.3 is 10.1 Å². The van der Waals surface area contributed by atoms with Crippen LogP contribution in [0.25, 0.3) is 0 Å². The Hall–Kier alpha value is -1.02. The van der Waals surface area contributed by atoms with E-state index in [4.69, 9.17) is 4.74 Å². The Morgan fingerprint density at radius 1 is 1.16 bits per heavy atom. The number of ether oxygens (including phenoxy) is 1. The standard InChI is InChI=1S/C17H29NO/c1-6-11-18-13-17(7-2,8-3)15-12-14(4)9-10-16(15)19-5/h9-10,12,18H,6-8,11,13H2,1-5H3. The van der Waals surface area contributed by atoms with E-state index in [0.29, 0.717) is 0 Å². The average Bonchev–Trinajstić information content (AvgIpc) is 2.44. The molecule has 0 radical (unpaired) electrons. The summed E-state index contributed by atoms with van der Waals surface area (Å²) in [7, 11) is 1.77. The molecule has 0 aliphatic carbocycles. The summed E-state index contributed by atoms with van der Waals surface area (Å²) in [6.45, 7) is 11.0. The fourth-order valence-electron chi connectivity index (χ4n) is 2.72. The molecule has 0 saturated heterocycles. The Balaban J connectivity index is 3.12. The molecule has 1 rings (SSSR count). The van der Waals surface area contributed by atoms with E-state index in [0.717, 1.165) is 31.7 Å². The molecule has 0 bridgehead atoms. The lowest BCUT2D eigenvalue weighted by Gasteiger charge is -2.34. The summed E-state index contributed by atoms with van der Waals surface area (Å²) in [6, 6.07) is 6.52. The zero-order valence-corrected chi connectivity index (χ0v) is 13.2. The smallest absolute Gasteiger partial charge is 0.122 e. The normalized spacial score (nSPS) is 11.6. The third-order valence-electron chi connectivity index (χ3n) is 4.17. The second-order valence-electron chi connectivity index (χ2n) is 5.37. The lowest BCUT2D eigenvalue weighted by Crippen LogP contribution is -2.38. The fourth-order valence-corrected chi connectivity index (χ4v) is 2.72. The van der Waals surface area contributed by atoms with Crippen molar-refractivity contribution in [1.82, 2.24) is 5.32 Å². The van der Waals surface area contributed by atoms with Gasteiger partial charge in [0.15, 0.2) is 0 Å². The van der Waals surface area contributed by atoms with Crippen LogP contribution in [0.5, 0.6) is 5.75 Å². The van der Waals surface area contributed by atoms with E-state index < -0.39 is 0 Å². The Morgan fingerprint density at radius 3 is 2.37 bits per heavy atom. The van der Waals surface area contributed by atoms with Gasteiger partial charge in [0, 0.05) is 17.5 Å². The van der Waals surface area contributed by atoms with Crippen LogP contribution >= 0.6 is 0 Å². The number of hydrogen-bond acceptors (Lipinski definition) is 2. The second-order valence-corrected chi connectivity index (χ2v) is 5.37. The van der Waals surface area contributed by atoms with E-state index >= 15 is 0 Å². The highest BCUT2D eigenvalue weighted by atomic mass is 16.5. The number of benzene rings is 1. The molecule has 19 heavy (non-hydrogen) atoms. The van der Waals surface area contributed by atoms with Crippen LogP contribution in [-0.4, -0.2) is 20.2 Å². The molecule has 1 aromatic carbocycles. The minimum atomic E-state index is 0.173. The van der Waals surface area contributed by atoms with E-state index in [2.05, 4.69) is 51.2 Å². The highest BCUT2D eigenvalue weighted by Crippen LogP contribution is 2.37. The van der Waals surface area contributed by atoms with E-state index in [1.54, 1.807) is 7.11 Å². The molecule has 0 spiro atoms. The van der Waals surface area contributed by atoms with Gasteiger partial charge in [0.05, 0.1) is 7.11 Å². The zero-order valence-electron chi connectivity index (χ0n) is 13.2. The van der Waals surface area contributed by atoms with E-state index in [-0.39, 0.29) is 5.41 Å². The van der Waals surface area contributed by atoms with Crippen molar-refractivity contribution in [2.24, 2.45) is 0 Å². The molecule has 108 valence electrons. The molecule has 0 aliphatic rings. The molecule has 0 unspecified atom stereocenters. The first kappa shape index (κ1) is 16.0.